The normalized spacial score (nSPS) is 10.4. The number of hydrogen-bond donors (Lipinski definition) is 2. The van der Waals surface area contributed by atoms with Crippen LogP contribution in [0.25, 0.3) is 0 Å². The Kier molecular flexibility index (Phi) is 6.66. The van der Waals surface area contributed by atoms with Crippen molar-refractivity contribution in [2.75, 3.05) is 20.3 Å². The lowest BCUT2D eigenvalue weighted by Gasteiger charge is -2.14. The first kappa shape index (κ1) is 16.1. The first-order valence-electron chi connectivity index (χ1n) is 6.49. The molecule has 0 spiro atoms. The Morgan fingerprint density at radius 2 is 2.10 bits per heavy atom. The molecule has 1 amide bonds. The summed E-state index contributed by atoms with van der Waals surface area (Å²) in [5.74, 6) is 1.43. The van der Waals surface area contributed by atoms with Gasteiger partial charge in [0.15, 0.2) is 11.5 Å². The van der Waals surface area contributed by atoms with Crippen LogP contribution in [0.1, 0.15) is 19.4 Å². The summed E-state index contributed by atoms with van der Waals surface area (Å²) in [5, 5.41) is 3.14. The van der Waals surface area contributed by atoms with Crippen molar-refractivity contribution in [1.82, 2.24) is 5.32 Å². The maximum Gasteiger partial charge on any atom is 0.404 e. The van der Waals surface area contributed by atoms with E-state index in [1.54, 1.807) is 7.11 Å². The Morgan fingerprint density at radius 1 is 1.35 bits per heavy atom. The highest BCUT2D eigenvalue weighted by Crippen LogP contribution is 2.28. The number of ether oxygens (including phenoxy) is 3. The molecule has 0 aliphatic heterocycles. The smallest absolute Gasteiger partial charge is 0.404 e. The van der Waals surface area contributed by atoms with Crippen molar-refractivity contribution >= 4 is 6.09 Å². The van der Waals surface area contributed by atoms with Gasteiger partial charge in [0.1, 0.15) is 6.61 Å². The van der Waals surface area contributed by atoms with Crippen molar-refractivity contribution in [3.8, 4) is 11.5 Å². The second kappa shape index (κ2) is 8.27. The topological polar surface area (TPSA) is 82.8 Å². The van der Waals surface area contributed by atoms with Gasteiger partial charge in [-0.05, 0) is 31.5 Å². The number of benzene rings is 1. The fourth-order valence-electron chi connectivity index (χ4n) is 1.63. The standard InChI is InChI=1S/C14H22N2O4/c1-10(2)20-12-5-4-11(8-13(12)18-3)9-16-6-7-19-14(15)17/h4-5,8,10,16H,6-7,9H2,1-3H3,(H2,15,17). The van der Waals surface area contributed by atoms with Gasteiger partial charge in [0.25, 0.3) is 0 Å². The molecule has 0 heterocycles. The monoisotopic (exact) mass is 282 g/mol. The molecule has 0 fully saturated rings. The molecule has 0 aliphatic rings. The van der Waals surface area contributed by atoms with Crippen LogP contribution in [0.2, 0.25) is 0 Å². The number of hydrogen-bond acceptors (Lipinski definition) is 5. The molecule has 0 aromatic heterocycles. The predicted octanol–water partition coefficient (Wildman–Crippen LogP) is 1.67. The Balaban J connectivity index is 2.48. The van der Waals surface area contributed by atoms with E-state index in [0.717, 1.165) is 11.3 Å². The van der Waals surface area contributed by atoms with Crippen molar-refractivity contribution in [2.45, 2.75) is 26.5 Å². The van der Waals surface area contributed by atoms with Gasteiger partial charge in [-0.3, -0.25) is 0 Å². The van der Waals surface area contributed by atoms with Crippen LogP contribution in [0.5, 0.6) is 11.5 Å². The van der Waals surface area contributed by atoms with Crippen molar-refractivity contribution < 1.29 is 19.0 Å². The third kappa shape index (κ3) is 5.79. The molecule has 0 unspecified atom stereocenters. The van der Waals surface area contributed by atoms with Gasteiger partial charge in [-0.1, -0.05) is 6.07 Å². The van der Waals surface area contributed by atoms with Gasteiger partial charge in [-0.15, -0.1) is 0 Å². The van der Waals surface area contributed by atoms with Gasteiger partial charge in [-0.25, -0.2) is 4.79 Å². The van der Waals surface area contributed by atoms with Gasteiger partial charge >= 0.3 is 6.09 Å². The predicted molar refractivity (Wildman–Crippen MR) is 76.0 cm³/mol. The van der Waals surface area contributed by atoms with Gasteiger partial charge < -0.3 is 25.3 Å². The van der Waals surface area contributed by atoms with E-state index in [0.29, 0.717) is 18.8 Å². The number of nitrogens with two attached hydrogens (primary N) is 1. The Labute approximate surface area is 119 Å². The van der Waals surface area contributed by atoms with Crippen LogP contribution in [0, 0.1) is 0 Å². The second-order valence-corrected chi connectivity index (χ2v) is 4.50. The van der Waals surface area contributed by atoms with Crippen LogP contribution in [-0.4, -0.2) is 32.5 Å². The summed E-state index contributed by atoms with van der Waals surface area (Å²) in [5.41, 5.74) is 5.91. The number of methoxy groups -OCH3 is 1. The number of carbonyl (C=O) groups is 1. The number of primary amides is 1. The number of carbonyl (C=O) groups excluding carboxylic acids is 1. The molecular formula is C14H22N2O4. The number of rotatable bonds is 8. The molecule has 0 bridgehead atoms. The molecule has 6 heteroatoms. The van der Waals surface area contributed by atoms with Crippen LogP contribution >= 0.6 is 0 Å². The maximum atomic E-state index is 10.4. The van der Waals surface area contributed by atoms with E-state index < -0.39 is 6.09 Å². The molecule has 0 atom stereocenters. The summed E-state index contributed by atoms with van der Waals surface area (Å²) in [6, 6.07) is 5.76. The fraction of sp³-hybridized carbons (Fsp3) is 0.500. The lowest BCUT2D eigenvalue weighted by molar-refractivity contribution is 0.157. The van der Waals surface area contributed by atoms with Crippen molar-refractivity contribution in [2.24, 2.45) is 5.73 Å². The molecule has 0 aliphatic carbocycles. The average Bonchev–Trinajstić information content (AvgIpc) is 2.38. The third-order valence-electron chi connectivity index (χ3n) is 2.44. The first-order valence-corrected chi connectivity index (χ1v) is 6.49. The van der Waals surface area contributed by atoms with E-state index in [9.17, 15) is 4.79 Å². The van der Waals surface area contributed by atoms with Crippen LogP contribution in [0.15, 0.2) is 18.2 Å². The van der Waals surface area contributed by atoms with Crippen LogP contribution in [0.3, 0.4) is 0 Å². The zero-order valence-corrected chi connectivity index (χ0v) is 12.1. The summed E-state index contributed by atoms with van der Waals surface area (Å²) in [6.45, 7) is 5.36. The van der Waals surface area contributed by atoms with Gasteiger partial charge in [0.2, 0.25) is 0 Å². The minimum atomic E-state index is -0.761. The highest BCUT2D eigenvalue weighted by molar-refractivity contribution is 5.64. The third-order valence-corrected chi connectivity index (χ3v) is 2.44. The molecule has 20 heavy (non-hydrogen) atoms. The van der Waals surface area contributed by atoms with Crippen molar-refractivity contribution in [3.63, 3.8) is 0 Å². The molecule has 0 radical (unpaired) electrons. The Hall–Kier alpha value is -1.95. The van der Waals surface area contributed by atoms with E-state index in [2.05, 4.69) is 10.1 Å². The van der Waals surface area contributed by atoms with E-state index in [1.165, 1.54) is 0 Å². The van der Waals surface area contributed by atoms with Crippen LogP contribution in [0.4, 0.5) is 4.79 Å². The van der Waals surface area contributed by atoms with Crippen molar-refractivity contribution in [1.29, 1.82) is 0 Å². The van der Waals surface area contributed by atoms with Crippen LogP contribution < -0.4 is 20.5 Å². The summed E-state index contributed by atoms with van der Waals surface area (Å²) < 4.78 is 15.6. The molecular weight excluding hydrogens is 260 g/mol. The summed E-state index contributed by atoms with van der Waals surface area (Å²) in [6.07, 6.45) is -0.664. The minimum absolute atomic E-state index is 0.0961. The summed E-state index contributed by atoms with van der Waals surface area (Å²) in [4.78, 5) is 10.4. The highest BCUT2D eigenvalue weighted by atomic mass is 16.5. The Bertz CT molecular complexity index is 435. The largest absolute Gasteiger partial charge is 0.493 e. The lowest BCUT2D eigenvalue weighted by Crippen LogP contribution is -2.23. The van der Waals surface area contributed by atoms with E-state index >= 15 is 0 Å². The number of amides is 1. The van der Waals surface area contributed by atoms with Crippen molar-refractivity contribution in [3.05, 3.63) is 23.8 Å². The average molecular weight is 282 g/mol. The van der Waals surface area contributed by atoms with E-state index in [1.807, 2.05) is 32.0 Å². The lowest BCUT2D eigenvalue weighted by atomic mass is 10.2. The summed E-state index contributed by atoms with van der Waals surface area (Å²) in [7, 11) is 1.61. The maximum absolute atomic E-state index is 10.4. The highest BCUT2D eigenvalue weighted by Gasteiger charge is 2.07. The molecule has 1 aromatic carbocycles. The SMILES string of the molecule is COc1cc(CNCCOC(N)=O)ccc1OC(C)C. The fourth-order valence-corrected chi connectivity index (χ4v) is 1.63. The van der Waals surface area contributed by atoms with Gasteiger partial charge in [0.05, 0.1) is 13.2 Å². The molecule has 1 rings (SSSR count). The van der Waals surface area contributed by atoms with Gasteiger partial charge in [0, 0.05) is 13.1 Å². The Morgan fingerprint density at radius 3 is 2.70 bits per heavy atom. The zero-order valence-electron chi connectivity index (χ0n) is 12.1. The quantitative estimate of drug-likeness (QED) is 0.709. The first-order chi connectivity index (χ1) is 9.52. The molecule has 1 aromatic rings. The molecule has 0 saturated carbocycles. The second-order valence-electron chi connectivity index (χ2n) is 4.50. The van der Waals surface area contributed by atoms with E-state index in [-0.39, 0.29) is 12.7 Å². The van der Waals surface area contributed by atoms with Crippen LogP contribution in [-0.2, 0) is 11.3 Å². The molecule has 0 saturated heterocycles. The number of nitrogens with one attached hydrogen (secondary N) is 1. The minimum Gasteiger partial charge on any atom is -0.493 e. The zero-order chi connectivity index (χ0) is 15.0. The molecule has 6 nitrogen and oxygen atoms in total. The molecule has 112 valence electrons. The summed E-state index contributed by atoms with van der Waals surface area (Å²) >= 11 is 0. The van der Waals surface area contributed by atoms with E-state index in [4.69, 9.17) is 15.2 Å². The van der Waals surface area contributed by atoms with Gasteiger partial charge in [-0.2, -0.15) is 0 Å². The molecule has 3 N–H and O–H groups in total.